The maximum atomic E-state index is 13.3. The molecule has 0 amide bonds. The third-order valence-electron chi connectivity index (χ3n) is 3.53. The molecule has 0 saturated heterocycles. The molecule has 1 aliphatic rings. The van der Waals surface area contributed by atoms with Gasteiger partial charge in [0.1, 0.15) is 11.6 Å². The van der Waals surface area contributed by atoms with Crippen molar-refractivity contribution in [3.63, 3.8) is 0 Å². The van der Waals surface area contributed by atoms with Gasteiger partial charge in [0.2, 0.25) is 0 Å². The predicted octanol–water partition coefficient (Wildman–Crippen LogP) is 4.24. The lowest BCUT2D eigenvalue weighted by molar-refractivity contribution is 0.410. The molecule has 100 valence electrons. The van der Waals surface area contributed by atoms with E-state index in [2.05, 4.69) is 5.32 Å². The van der Waals surface area contributed by atoms with Crippen LogP contribution in [0.5, 0.6) is 0 Å². The summed E-state index contributed by atoms with van der Waals surface area (Å²) in [6.45, 7) is 0.604. The van der Waals surface area contributed by atoms with E-state index in [4.69, 9.17) is 16.0 Å². The lowest BCUT2D eigenvalue weighted by atomic mass is 9.93. The van der Waals surface area contributed by atoms with Crippen molar-refractivity contribution in [2.24, 2.45) is 0 Å². The van der Waals surface area contributed by atoms with Crippen molar-refractivity contribution in [3.05, 3.63) is 58.3 Å². The normalized spacial score (nSPS) is 18.3. The molecule has 1 N–H and O–H groups in total. The Morgan fingerprint density at radius 2 is 2.26 bits per heavy atom. The molecule has 1 aromatic carbocycles. The van der Waals surface area contributed by atoms with Crippen molar-refractivity contribution in [2.45, 2.75) is 31.8 Å². The van der Waals surface area contributed by atoms with Crippen molar-refractivity contribution in [3.8, 4) is 0 Å². The van der Waals surface area contributed by atoms with Crippen molar-refractivity contribution in [1.82, 2.24) is 5.32 Å². The minimum atomic E-state index is -0.294. The average molecular weight is 280 g/mol. The maximum Gasteiger partial charge on any atom is 0.125 e. The van der Waals surface area contributed by atoms with Crippen LogP contribution < -0.4 is 5.32 Å². The van der Waals surface area contributed by atoms with Crippen LogP contribution in [-0.4, -0.2) is 0 Å². The number of hydrogen-bond acceptors (Lipinski definition) is 2. The molecule has 1 aromatic heterocycles. The Kier molecular flexibility index (Phi) is 3.58. The average Bonchev–Trinajstić information content (AvgIpc) is 2.83. The molecule has 19 heavy (non-hydrogen) atoms. The zero-order valence-corrected chi connectivity index (χ0v) is 11.2. The van der Waals surface area contributed by atoms with E-state index in [9.17, 15) is 4.39 Å². The molecule has 0 saturated carbocycles. The van der Waals surface area contributed by atoms with Gasteiger partial charge >= 0.3 is 0 Å². The zero-order chi connectivity index (χ0) is 13.2. The fraction of sp³-hybridized carbons (Fsp3) is 0.333. The van der Waals surface area contributed by atoms with Crippen LogP contribution >= 0.6 is 11.6 Å². The second-order valence-corrected chi connectivity index (χ2v) is 5.34. The second kappa shape index (κ2) is 5.35. The van der Waals surface area contributed by atoms with Gasteiger partial charge in [-0.3, -0.25) is 0 Å². The summed E-state index contributed by atoms with van der Waals surface area (Å²) in [6.07, 6.45) is 4.94. The molecule has 3 rings (SSSR count). The topological polar surface area (TPSA) is 25.2 Å². The molecule has 1 aliphatic carbocycles. The molecule has 0 radical (unpaired) electrons. The standard InChI is InChI=1S/C15H15ClFNO/c16-11-6-10(7-12(17)8-11)9-18-14-2-1-3-15-13(14)4-5-19-15/h4-8,14,18H,1-3,9H2. The highest BCUT2D eigenvalue weighted by molar-refractivity contribution is 6.30. The molecule has 2 nitrogen and oxygen atoms in total. The van der Waals surface area contributed by atoms with Gasteiger partial charge in [0.05, 0.1) is 6.26 Å². The summed E-state index contributed by atoms with van der Waals surface area (Å²) in [7, 11) is 0. The first-order valence-corrected chi connectivity index (χ1v) is 6.85. The fourth-order valence-corrected chi connectivity index (χ4v) is 2.90. The highest BCUT2D eigenvalue weighted by Crippen LogP contribution is 2.30. The first kappa shape index (κ1) is 12.7. The fourth-order valence-electron chi connectivity index (χ4n) is 2.65. The molecule has 0 fully saturated rings. The first-order valence-electron chi connectivity index (χ1n) is 6.47. The van der Waals surface area contributed by atoms with Gasteiger partial charge in [0.25, 0.3) is 0 Å². The van der Waals surface area contributed by atoms with Crippen LogP contribution in [-0.2, 0) is 13.0 Å². The van der Waals surface area contributed by atoms with Gasteiger partial charge in [0, 0.05) is 29.6 Å². The lowest BCUT2D eigenvalue weighted by Gasteiger charge is -2.23. The Morgan fingerprint density at radius 1 is 1.37 bits per heavy atom. The van der Waals surface area contributed by atoms with Gasteiger partial charge < -0.3 is 9.73 Å². The number of hydrogen-bond donors (Lipinski definition) is 1. The first-order chi connectivity index (χ1) is 9.22. The summed E-state index contributed by atoms with van der Waals surface area (Å²) in [5.41, 5.74) is 2.09. The van der Waals surface area contributed by atoms with Crippen LogP contribution in [0.4, 0.5) is 4.39 Å². The van der Waals surface area contributed by atoms with Crippen LogP contribution in [0, 0.1) is 5.82 Å². The van der Waals surface area contributed by atoms with Crippen molar-refractivity contribution >= 4 is 11.6 Å². The van der Waals surface area contributed by atoms with Gasteiger partial charge in [-0.05, 0) is 42.7 Å². The third kappa shape index (κ3) is 2.82. The lowest BCUT2D eigenvalue weighted by Crippen LogP contribution is -2.24. The van der Waals surface area contributed by atoms with Crippen LogP contribution in [0.2, 0.25) is 5.02 Å². The molecule has 1 atom stereocenters. The summed E-state index contributed by atoms with van der Waals surface area (Å²) in [5.74, 6) is 0.776. The number of furan rings is 1. The highest BCUT2D eigenvalue weighted by Gasteiger charge is 2.21. The molecule has 2 aromatic rings. The SMILES string of the molecule is Fc1cc(Cl)cc(CNC2CCCc3occc32)c1. The highest BCUT2D eigenvalue weighted by atomic mass is 35.5. The minimum absolute atomic E-state index is 0.282. The summed E-state index contributed by atoms with van der Waals surface area (Å²) in [5, 5.41) is 3.88. The third-order valence-corrected chi connectivity index (χ3v) is 3.75. The van der Waals surface area contributed by atoms with Crippen molar-refractivity contribution in [1.29, 1.82) is 0 Å². The number of fused-ring (bicyclic) bond motifs is 1. The van der Waals surface area contributed by atoms with Gasteiger partial charge in [-0.15, -0.1) is 0 Å². The Bertz CT molecular complexity index is 561. The van der Waals surface area contributed by atoms with Gasteiger partial charge in [0.15, 0.2) is 0 Å². The smallest absolute Gasteiger partial charge is 0.125 e. The van der Waals surface area contributed by atoms with E-state index in [-0.39, 0.29) is 11.9 Å². The maximum absolute atomic E-state index is 13.3. The Labute approximate surface area is 116 Å². The Hall–Kier alpha value is -1.32. The van der Waals surface area contributed by atoms with E-state index < -0.39 is 0 Å². The number of halogens is 2. The van der Waals surface area contributed by atoms with Crippen molar-refractivity contribution < 1.29 is 8.81 Å². The minimum Gasteiger partial charge on any atom is -0.469 e. The van der Waals surface area contributed by atoms with E-state index in [1.54, 1.807) is 12.3 Å². The molecule has 1 unspecified atom stereocenters. The molecule has 0 spiro atoms. The van der Waals surface area contributed by atoms with E-state index in [0.717, 1.165) is 30.6 Å². The molecule has 4 heteroatoms. The van der Waals surface area contributed by atoms with Crippen LogP contribution in [0.25, 0.3) is 0 Å². The van der Waals surface area contributed by atoms with E-state index in [1.165, 1.54) is 17.7 Å². The van der Waals surface area contributed by atoms with E-state index in [1.807, 2.05) is 6.07 Å². The monoisotopic (exact) mass is 279 g/mol. The largest absolute Gasteiger partial charge is 0.469 e. The number of benzene rings is 1. The summed E-state index contributed by atoms with van der Waals surface area (Å²) in [4.78, 5) is 0. The van der Waals surface area contributed by atoms with E-state index in [0.29, 0.717) is 11.6 Å². The second-order valence-electron chi connectivity index (χ2n) is 4.90. The number of aryl methyl sites for hydroxylation is 1. The predicted molar refractivity (Wildman–Crippen MR) is 72.6 cm³/mol. The molecule has 0 aliphatic heterocycles. The molecular formula is C15H15ClFNO. The van der Waals surface area contributed by atoms with Gasteiger partial charge in [-0.25, -0.2) is 4.39 Å². The van der Waals surface area contributed by atoms with Crippen LogP contribution in [0.1, 0.15) is 35.8 Å². The Balaban J connectivity index is 1.70. The van der Waals surface area contributed by atoms with Crippen LogP contribution in [0.15, 0.2) is 34.9 Å². The number of nitrogens with one attached hydrogen (secondary N) is 1. The van der Waals surface area contributed by atoms with Gasteiger partial charge in [-0.2, -0.15) is 0 Å². The molecule has 0 bridgehead atoms. The molecule has 1 heterocycles. The quantitative estimate of drug-likeness (QED) is 0.909. The van der Waals surface area contributed by atoms with E-state index >= 15 is 0 Å². The summed E-state index contributed by atoms with van der Waals surface area (Å²) in [6, 6.07) is 6.92. The molecular weight excluding hydrogens is 265 g/mol. The van der Waals surface area contributed by atoms with Gasteiger partial charge in [-0.1, -0.05) is 11.6 Å². The van der Waals surface area contributed by atoms with Crippen LogP contribution in [0.3, 0.4) is 0 Å². The Morgan fingerprint density at radius 3 is 3.11 bits per heavy atom. The zero-order valence-electron chi connectivity index (χ0n) is 10.5. The van der Waals surface area contributed by atoms with Crippen molar-refractivity contribution in [2.75, 3.05) is 0 Å². The summed E-state index contributed by atoms with van der Waals surface area (Å²) < 4.78 is 18.7. The summed E-state index contributed by atoms with van der Waals surface area (Å²) >= 11 is 5.85. The number of rotatable bonds is 3.